The fourth-order valence-corrected chi connectivity index (χ4v) is 2.72. The van der Waals surface area contributed by atoms with Gasteiger partial charge in [0.15, 0.2) is 0 Å². The SMILES string of the molecule is CC(Cl)C(=O)N1C(C)CN(C(=O)C(C)(C)C)CC1C. The van der Waals surface area contributed by atoms with Crippen LogP contribution in [-0.2, 0) is 9.59 Å². The lowest BCUT2D eigenvalue weighted by atomic mass is 9.93. The number of piperazine rings is 1. The van der Waals surface area contributed by atoms with Gasteiger partial charge in [-0.2, -0.15) is 0 Å². The normalized spacial score (nSPS) is 26.3. The van der Waals surface area contributed by atoms with E-state index in [1.807, 2.05) is 44.4 Å². The average Bonchev–Trinajstić information content (AvgIpc) is 2.25. The fourth-order valence-electron chi connectivity index (χ4n) is 2.60. The molecule has 1 heterocycles. The van der Waals surface area contributed by atoms with E-state index in [0.29, 0.717) is 13.1 Å². The molecule has 0 aromatic carbocycles. The van der Waals surface area contributed by atoms with Crippen molar-refractivity contribution >= 4 is 23.4 Å². The number of hydrogen-bond donors (Lipinski definition) is 0. The Morgan fingerprint density at radius 3 is 1.89 bits per heavy atom. The molecule has 0 bridgehead atoms. The molecule has 0 aliphatic carbocycles. The minimum absolute atomic E-state index is 0.00347. The van der Waals surface area contributed by atoms with Crippen molar-refractivity contribution < 1.29 is 9.59 Å². The molecule has 2 amide bonds. The number of hydrogen-bond acceptors (Lipinski definition) is 2. The van der Waals surface area contributed by atoms with Crippen LogP contribution >= 0.6 is 11.6 Å². The van der Waals surface area contributed by atoms with Gasteiger partial charge in [0.2, 0.25) is 11.8 Å². The zero-order valence-corrected chi connectivity index (χ0v) is 13.5. The summed E-state index contributed by atoms with van der Waals surface area (Å²) < 4.78 is 0. The average molecular weight is 289 g/mol. The Morgan fingerprint density at radius 1 is 1.16 bits per heavy atom. The van der Waals surface area contributed by atoms with E-state index in [2.05, 4.69) is 0 Å². The number of carbonyl (C=O) groups is 2. The number of carbonyl (C=O) groups excluding carboxylic acids is 2. The van der Waals surface area contributed by atoms with Gasteiger partial charge in [0.25, 0.3) is 0 Å². The van der Waals surface area contributed by atoms with Crippen molar-refractivity contribution in [3.05, 3.63) is 0 Å². The Bertz CT molecular complexity index is 351. The Balaban J connectivity index is 2.82. The summed E-state index contributed by atoms with van der Waals surface area (Å²) in [5, 5.41) is -0.519. The zero-order chi connectivity index (χ0) is 15.0. The highest BCUT2D eigenvalue weighted by atomic mass is 35.5. The molecule has 5 heteroatoms. The third kappa shape index (κ3) is 3.62. The Morgan fingerprint density at radius 2 is 1.58 bits per heavy atom. The summed E-state index contributed by atoms with van der Waals surface area (Å²) in [4.78, 5) is 28.1. The largest absolute Gasteiger partial charge is 0.338 e. The first-order valence-corrected chi connectivity index (χ1v) is 7.25. The van der Waals surface area contributed by atoms with E-state index < -0.39 is 5.38 Å². The molecule has 0 spiro atoms. The van der Waals surface area contributed by atoms with Crippen LogP contribution in [0.2, 0.25) is 0 Å². The lowest BCUT2D eigenvalue weighted by Gasteiger charge is -2.46. The molecule has 1 fully saturated rings. The van der Waals surface area contributed by atoms with Crippen molar-refractivity contribution in [1.82, 2.24) is 9.80 Å². The van der Waals surface area contributed by atoms with Gasteiger partial charge >= 0.3 is 0 Å². The molecule has 1 saturated heterocycles. The predicted octanol–water partition coefficient (Wildman–Crippen LogP) is 2.11. The lowest BCUT2D eigenvalue weighted by molar-refractivity contribution is -0.150. The summed E-state index contributed by atoms with van der Waals surface area (Å²) in [6.07, 6.45) is 0. The molecule has 1 aliphatic rings. The first-order valence-electron chi connectivity index (χ1n) is 6.81. The number of alkyl halides is 1. The van der Waals surface area contributed by atoms with Crippen LogP contribution in [0.3, 0.4) is 0 Å². The van der Waals surface area contributed by atoms with Crippen molar-refractivity contribution in [3.8, 4) is 0 Å². The molecule has 0 N–H and O–H groups in total. The van der Waals surface area contributed by atoms with Crippen LogP contribution in [0.1, 0.15) is 41.5 Å². The minimum atomic E-state index is -0.519. The molecule has 0 aromatic rings. The smallest absolute Gasteiger partial charge is 0.240 e. The first kappa shape index (κ1) is 16.3. The molecule has 19 heavy (non-hydrogen) atoms. The molecule has 0 aromatic heterocycles. The van der Waals surface area contributed by atoms with Crippen LogP contribution in [0.4, 0.5) is 0 Å². The van der Waals surface area contributed by atoms with Gasteiger partial charge in [0.1, 0.15) is 5.38 Å². The van der Waals surface area contributed by atoms with Crippen LogP contribution in [0, 0.1) is 5.41 Å². The summed E-state index contributed by atoms with van der Waals surface area (Å²) in [7, 11) is 0. The van der Waals surface area contributed by atoms with E-state index in [9.17, 15) is 9.59 Å². The van der Waals surface area contributed by atoms with Crippen molar-refractivity contribution in [2.24, 2.45) is 5.41 Å². The lowest BCUT2D eigenvalue weighted by Crippen LogP contribution is -2.62. The van der Waals surface area contributed by atoms with E-state index in [1.165, 1.54) is 0 Å². The predicted molar refractivity (Wildman–Crippen MR) is 77.1 cm³/mol. The van der Waals surface area contributed by atoms with Gasteiger partial charge in [-0.1, -0.05) is 20.8 Å². The monoisotopic (exact) mass is 288 g/mol. The molecule has 3 atom stereocenters. The second kappa shape index (κ2) is 5.70. The van der Waals surface area contributed by atoms with Gasteiger partial charge in [0, 0.05) is 30.6 Å². The number of nitrogens with zero attached hydrogens (tertiary/aromatic N) is 2. The maximum absolute atomic E-state index is 12.3. The first-order chi connectivity index (χ1) is 8.55. The zero-order valence-electron chi connectivity index (χ0n) is 12.7. The highest BCUT2D eigenvalue weighted by Gasteiger charge is 2.38. The molecule has 0 radical (unpaired) electrons. The molecule has 1 rings (SSSR count). The highest BCUT2D eigenvalue weighted by Crippen LogP contribution is 2.23. The van der Waals surface area contributed by atoms with Crippen LogP contribution < -0.4 is 0 Å². The maximum atomic E-state index is 12.3. The second-order valence-corrected chi connectivity index (χ2v) is 7.17. The van der Waals surface area contributed by atoms with Crippen molar-refractivity contribution in [3.63, 3.8) is 0 Å². The molecule has 3 unspecified atom stereocenters. The fraction of sp³-hybridized carbons (Fsp3) is 0.857. The van der Waals surface area contributed by atoms with E-state index in [0.717, 1.165) is 0 Å². The van der Waals surface area contributed by atoms with Crippen molar-refractivity contribution in [2.75, 3.05) is 13.1 Å². The third-order valence-corrected chi connectivity index (χ3v) is 3.63. The van der Waals surface area contributed by atoms with Crippen LogP contribution in [0.15, 0.2) is 0 Å². The van der Waals surface area contributed by atoms with E-state index in [4.69, 9.17) is 11.6 Å². The maximum Gasteiger partial charge on any atom is 0.240 e. The van der Waals surface area contributed by atoms with Gasteiger partial charge in [-0.25, -0.2) is 0 Å². The van der Waals surface area contributed by atoms with Crippen molar-refractivity contribution in [2.45, 2.75) is 59.0 Å². The van der Waals surface area contributed by atoms with Gasteiger partial charge in [0.05, 0.1) is 0 Å². The summed E-state index contributed by atoms with van der Waals surface area (Å²) in [6, 6.07) is 0.00694. The molecular formula is C14H25ClN2O2. The molecular weight excluding hydrogens is 264 g/mol. The van der Waals surface area contributed by atoms with Crippen LogP contribution in [0.25, 0.3) is 0 Å². The minimum Gasteiger partial charge on any atom is -0.338 e. The number of halogens is 1. The Hall–Kier alpha value is -0.770. The Labute approximate surface area is 121 Å². The summed E-state index contributed by atoms with van der Waals surface area (Å²) >= 11 is 5.89. The summed E-state index contributed by atoms with van der Waals surface area (Å²) in [6.45, 7) is 12.5. The standard InChI is InChI=1S/C14H25ClN2O2/c1-9-7-16(13(19)14(4,5)6)8-10(2)17(9)12(18)11(3)15/h9-11H,7-8H2,1-6H3. The van der Waals surface area contributed by atoms with E-state index in [1.54, 1.807) is 6.92 Å². The van der Waals surface area contributed by atoms with Crippen LogP contribution in [0.5, 0.6) is 0 Å². The topological polar surface area (TPSA) is 40.6 Å². The second-order valence-electron chi connectivity index (χ2n) is 6.52. The summed E-state index contributed by atoms with van der Waals surface area (Å²) in [5.74, 6) is 0.0849. The third-order valence-electron chi connectivity index (χ3n) is 3.44. The summed E-state index contributed by atoms with van der Waals surface area (Å²) in [5.41, 5.74) is -0.384. The molecule has 1 aliphatic heterocycles. The van der Waals surface area contributed by atoms with Gasteiger partial charge in [-0.15, -0.1) is 11.6 Å². The highest BCUT2D eigenvalue weighted by molar-refractivity contribution is 6.30. The van der Waals surface area contributed by atoms with E-state index in [-0.39, 0.29) is 29.3 Å². The van der Waals surface area contributed by atoms with Gasteiger partial charge in [-0.05, 0) is 20.8 Å². The van der Waals surface area contributed by atoms with Crippen LogP contribution in [-0.4, -0.2) is 52.2 Å². The van der Waals surface area contributed by atoms with Gasteiger partial charge in [-0.3, -0.25) is 9.59 Å². The quantitative estimate of drug-likeness (QED) is 0.694. The molecule has 4 nitrogen and oxygen atoms in total. The van der Waals surface area contributed by atoms with Gasteiger partial charge < -0.3 is 9.80 Å². The van der Waals surface area contributed by atoms with Crippen molar-refractivity contribution in [1.29, 1.82) is 0 Å². The number of rotatable bonds is 1. The number of amides is 2. The molecule has 0 saturated carbocycles. The van der Waals surface area contributed by atoms with E-state index >= 15 is 0 Å². The Kier molecular flexibility index (Phi) is 4.88. The molecule has 110 valence electrons.